The van der Waals surface area contributed by atoms with Crippen LogP contribution in [0.15, 0.2) is 55.0 Å². The summed E-state index contributed by atoms with van der Waals surface area (Å²) in [6, 6.07) is 15.3. The zero-order valence-corrected chi connectivity index (χ0v) is 17.6. The molecule has 2 amide bonds. The van der Waals surface area contributed by atoms with E-state index in [0.29, 0.717) is 31.7 Å². The summed E-state index contributed by atoms with van der Waals surface area (Å²) >= 11 is 0. The van der Waals surface area contributed by atoms with Gasteiger partial charge in [-0.15, -0.1) is 0 Å². The third-order valence-corrected chi connectivity index (χ3v) is 5.76. The molecule has 0 spiro atoms. The molecule has 0 saturated carbocycles. The molecule has 31 heavy (non-hydrogen) atoms. The first-order valence-electron chi connectivity index (χ1n) is 10.1. The lowest BCUT2D eigenvalue weighted by Crippen LogP contribution is -2.54. The molecule has 4 rings (SSSR count). The number of benzene rings is 2. The van der Waals surface area contributed by atoms with Gasteiger partial charge in [-0.1, -0.05) is 24.3 Å². The van der Waals surface area contributed by atoms with E-state index in [0.717, 1.165) is 28.1 Å². The average Bonchev–Trinajstić information content (AvgIpc) is 3.21. The smallest absolute Gasteiger partial charge is 0.316 e. The van der Waals surface area contributed by atoms with Crippen molar-refractivity contribution in [3.05, 3.63) is 82.9 Å². The van der Waals surface area contributed by atoms with Crippen LogP contribution in [0, 0.1) is 25.2 Å². The van der Waals surface area contributed by atoms with Crippen LogP contribution in [0.5, 0.6) is 0 Å². The number of imidazole rings is 1. The van der Waals surface area contributed by atoms with Gasteiger partial charge in [0.15, 0.2) is 0 Å². The lowest BCUT2D eigenvalue weighted by atomic mass is 10.1. The normalized spacial score (nSPS) is 14.1. The Balaban J connectivity index is 1.47. The molecular formula is C24H23N5O2. The number of carbonyl (C=O) groups is 2. The quantitative estimate of drug-likeness (QED) is 0.602. The lowest BCUT2D eigenvalue weighted by molar-refractivity contribution is -0.146. The number of piperazine rings is 1. The van der Waals surface area contributed by atoms with Crippen LogP contribution in [0.1, 0.15) is 27.9 Å². The minimum atomic E-state index is -0.502. The van der Waals surface area contributed by atoms with Gasteiger partial charge in [0.1, 0.15) is 0 Å². The molecule has 1 fully saturated rings. The highest BCUT2D eigenvalue weighted by molar-refractivity contribution is 6.41. The summed E-state index contributed by atoms with van der Waals surface area (Å²) < 4.78 is 1.95. The van der Waals surface area contributed by atoms with Crippen LogP contribution < -0.4 is 4.90 Å². The fraction of sp³-hybridized carbons (Fsp3) is 0.250. The highest BCUT2D eigenvalue weighted by Gasteiger charge is 2.34. The van der Waals surface area contributed by atoms with Crippen molar-refractivity contribution in [2.75, 3.05) is 18.0 Å². The largest absolute Gasteiger partial charge is 0.329 e. The van der Waals surface area contributed by atoms with Crippen molar-refractivity contribution < 1.29 is 9.59 Å². The van der Waals surface area contributed by atoms with Crippen molar-refractivity contribution in [1.82, 2.24) is 14.5 Å². The van der Waals surface area contributed by atoms with E-state index >= 15 is 0 Å². The number of aromatic nitrogens is 2. The van der Waals surface area contributed by atoms with Gasteiger partial charge in [0, 0.05) is 31.5 Å². The Hall–Kier alpha value is -3.92. The van der Waals surface area contributed by atoms with Crippen LogP contribution in [0.2, 0.25) is 0 Å². The van der Waals surface area contributed by atoms with Gasteiger partial charge in [0.2, 0.25) is 0 Å². The molecule has 1 aliphatic rings. The van der Waals surface area contributed by atoms with E-state index in [4.69, 9.17) is 5.26 Å². The van der Waals surface area contributed by atoms with E-state index in [1.54, 1.807) is 34.5 Å². The molecular weight excluding hydrogens is 390 g/mol. The maximum Gasteiger partial charge on any atom is 0.316 e. The van der Waals surface area contributed by atoms with Crippen LogP contribution in [0.3, 0.4) is 0 Å². The summed E-state index contributed by atoms with van der Waals surface area (Å²) in [4.78, 5) is 33.1. The molecule has 1 aliphatic heterocycles. The van der Waals surface area contributed by atoms with Crippen molar-refractivity contribution in [1.29, 1.82) is 5.26 Å². The molecule has 0 unspecified atom stereocenters. The fourth-order valence-electron chi connectivity index (χ4n) is 3.78. The van der Waals surface area contributed by atoms with Gasteiger partial charge in [-0.05, 0) is 48.7 Å². The molecule has 2 heterocycles. The predicted molar refractivity (Wildman–Crippen MR) is 116 cm³/mol. The van der Waals surface area contributed by atoms with Gasteiger partial charge in [-0.25, -0.2) is 4.98 Å². The Morgan fingerprint density at radius 1 is 1.00 bits per heavy atom. The van der Waals surface area contributed by atoms with E-state index < -0.39 is 11.8 Å². The third kappa shape index (κ3) is 4.05. The number of nitriles is 1. The van der Waals surface area contributed by atoms with E-state index in [1.165, 1.54) is 0 Å². The zero-order chi connectivity index (χ0) is 22.0. The molecule has 3 aromatic rings. The highest BCUT2D eigenvalue weighted by Crippen LogP contribution is 2.25. The molecule has 156 valence electrons. The Bertz CT molecular complexity index is 1170. The molecule has 1 saturated heterocycles. The molecule has 0 aliphatic carbocycles. The fourth-order valence-corrected chi connectivity index (χ4v) is 3.78. The number of carbonyl (C=O) groups excluding carboxylic acids is 2. The highest BCUT2D eigenvalue weighted by atomic mass is 16.2. The molecule has 7 heteroatoms. The Morgan fingerprint density at radius 2 is 1.77 bits per heavy atom. The van der Waals surface area contributed by atoms with E-state index in [-0.39, 0.29) is 0 Å². The lowest BCUT2D eigenvalue weighted by Gasteiger charge is -2.34. The Kier molecular flexibility index (Phi) is 5.54. The standard InChI is InChI=1S/C24H23N5O2/c1-17-4-3-5-22(18(17)2)29-11-10-27(23(30)24(29)31)15-21-13-26-16-28(21)14-20-8-6-19(12-25)7-9-20/h3-9,13,16H,10-11,14-15H2,1-2H3. The molecule has 0 bridgehead atoms. The van der Waals surface area contributed by atoms with Gasteiger partial charge in [0.25, 0.3) is 0 Å². The van der Waals surface area contributed by atoms with Crippen molar-refractivity contribution in [2.45, 2.75) is 26.9 Å². The zero-order valence-electron chi connectivity index (χ0n) is 17.6. The first-order chi connectivity index (χ1) is 15.0. The van der Waals surface area contributed by atoms with Gasteiger partial charge < -0.3 is 14.4 Å². The van der Waals surface area contributed by atoms with Crippen molar-refractivity contribution >= 4 is 17.5 Å². The van der Waals surface area contributed by atoms with Crippen LogP contribution in [0.4, 0.5) is 5.69 Å². The number of aryl methyl sites for hydroxylation is 1. The Labute approximate surface area is 181 Å². The van der Waals surface area contributed by atoms with E-state index in [9.17, 15) is 9.59 Å². The second-order valence-electron chi connectivity index (χ2n) is 7.72. The Morgan fingerprint density at radius 3 is 2.52 bits per heavy atom. The van der Waals surface area contributed by atoms with Crippen molar-refractivity contribution in [3.8, 4) is 6.07 Å². The summed E-state index contributed by atoms with van der Waals surface area (Å²) in [5.41, 5.74) is 5.39. The number of amides is 2. The average molecular weight is 413 g/mol. The number of nitrogens with zero attached hydrogens (tertiary/aromatic N) is 5. The topological polar surface area (TPSA) is 82.2 Å². The number of rotatable bonds is 5. The van der Waals surface area contributed by atoms with Gasteiger partial charge in [-0.2, -0.15) is 5.26 Å². The van der Waals surface area contributed by atoms with Gasteiger partial charge in [0.05, 0.1) is 30.2 Å². The first kappa shape index (κ1) is 20.4. The van der Waals surface area contributed by atoms with Crippen LogP contribution in [-0.4, -0.2) is 39.4 Å². The number of hydrogen-bond acceptors (Lipinski definition) is 4. The first-order valence-corrected chi connectivity index (χ1v) is 10.1. The molecule has 2 aromatic carbocycles. The minimum absolute atomic E-state index is 0.321. The molecule has 1 aromatic heterocycles. The van der Waals surface area contributed by atoms with Crippen LogP contribution >= 0.6 is 0 Å². The predicted octanol–water partition coefficient (Wildman–Crippen LogP) is 2.80. The second kappa shape index (κ2) is 8.44. The maximum absolute atomic E-state index is 12.9. The molecule has 0 radical (unpaired) electrons. The summed E-state index contributed by atoms with van der Waals surface area (Å²) in [5.74, 6) is -1.00. The summed E-state index contributed by atoms with van der Waals surface area (Å²) in [6.07, 6.45) is 3.44. The maximum atomic E-state index is 12.9. The summed E-state index contributed by atoms with van der Waals surface area (Å²) in [7, 11) is 0. The minimum Gasteiger partial charge on any atom is -0.329 e. The number of anilines is 1. The monoisotopic (exact) mass is 413 g/mol. The van der Waals surface area contributed by atoms with Gasteiger partial charge in [-0.3, -0.25) is 9.59 Å². The molecule has 0 N–H and O–H groups in total. The summed E-state index contributed by atoms with van der Waals surface area (Å²) in [6.45, 7) is 5.78. The van der Waals surface area contributed by atoms with Crippen LogP contribution in [0.25, 0.3) is 0 Å². The third-order valence-electron chi connectivity index (χ3n) is 5.76. The van der Waals surface area contributed by atoms with Crippen LogP contribution in [-0.2, 0) is 22.7 Å². The SMILES string of the molecule is Cc1cccc(N2CCN(Cc3cncn3Cc3ccc(C#N)cc3)C(=O)C2=O)c1C. The van der Waals surface area contributed by atoms with Crippen molar-refractivity contribution in [2.24, 2.45) is 0 Å². The van der Waals surface area contributed by atoms with Gasteiger partial charge >= 0.3 is 11.8 Å². The summed E-state index contributed by atoms with van der Waals surface area (Å²) in [5, 5.41) is 8.94. The molecule has 7 nitrogen and oxygen atoms in total. The van der Waals surface area contributed by atoms with Crippen molar-refractivity contribution in [3.63, 3.8) is 0 Å². The number of hydrogen-bond donors (Lipinski definition) is 0. The van der Waals surface area contributed by atoms with E-state index in [2.05, 4.69) is 11.1 Å². The second-order valence-corrected chi connectivity index (χ2v) is 7.72. The molecule has 0 atom stereocenters. The van der Waals surface area contributed by atoms with E-state index in [1.807, 2.05) is 48.7 Å².